The second-order valence-corrected chi connectivity index (χ2v) is 7.44. The van der Waals surface area contributed by atoms with Crippen LogP contribution in [0.3, 0.4) is 0 Å². The Bertz CT molecular complexity index is 367. The van der Waals surface area contributed by atoms with Crippen molar-refractivity contribution in [3.63, 3.8) is 0 Å². The zero-order valence-electron chi connectivity index (χ0n) is 15.0. The fourth-order valence-electron chi connectivity index (χ4n) is 4.76. The summed E-state index contributed by atoms with van der Waals surface area (Å²) in [4.78, 5) is 9.76. The van der Waals surface area contributed by atoms with Crippen molar-refractivity contribution in [1.82, 2.24) is 15.1 Å². The Kier molecular flexibility index (Phi) is 7.92. The lowest BCUT2D eigenvalue weighted by Crippen LogP contribution is -2.47. The largest absolute Gasteiger partial charge is 0.355 e. The SMILES string of the molecule is CCC(CNC(=NC)N1CC2CCCCC2C1)N1CCCC1.I. The first-order chi connectivity index (χ1) is 10.8. The Morgan fingerprint density at radius 2 is 1.70 bits per heavy atom. The molecule has 2 saturated heterocycles. The summed E-state index contributed by atoms with van der Waals surface area (Å²) < 4.78 is 0. The first-order valence-corrected chi connectivity index (χ1v) is 9.51. The number of rotatable bonds is 4. The van der Waals surface area contributed by atoms with Crippen molar-refractivity contribution < 1.29 is 0 Å². The molecule has 3 rings (SSSR count). The fraction of sp³-hybridized carbons (Fsp3) is 0.944. The minimum absolute atomic E-state index is 0. The van der Waals surface area contributed by atoms with Gasteiger partial charge in [0.15, 0.2) is 5.96 Å². The molecule has 23 heavy (non-hydrogen) atoms. The van der Waals surface area contributed by atoms with Crippen molar-refractivity contribution in [3.8, 4) is 0 Å². The number of hydrogen-bond donors (Lipinski definition) is 1. The van der Waals surface area contributed by atoms with Crippen LogP contribution in [-0.4, -0.2) is 61.6 Å². The molecule has 2 aliphatic heterocycles. The van der Waals surface area contributed by atoms with Gasteiger partial charge in [-0.3, -0.25) is 9.89 Å². The van der Waals surface area contributed by atoms with Gasteiger partial charge in [0.25, 0.3) is 0 Å². The summed E-state index contributed by atoms with van der Waals surface area (Å²) >= 11 is 0. The zero-order valence-corrected chi connectivity index (χ0v) is 17.3. The second kappa shape index (κ2) is 9.44. The monoisotopic (exact) mass is 434 g/mol. The van der Waals surface area contributed by atoms with E-state index >= 15 is 0 Å². The molecule has 1 saturated carbocycles. The highest BCUT2D eigenvalue weighted by atomic mass is 127. The maximum atomic E-state index is 4.57. The van der Waals surface area contributed by atoms with Gasteiger partial charge in [-0.05, 0) is 57.0 Å². The van der Waals surface area contributed by atoms with E-state index in [0.29, 0.717) is 6.04 Å². The number of nitrogens with zero attached hydrogens (tertiary/aromatic N) is 3. The van der Waals surface area contributed by atoms with Crippen molar-refractivity contribution in [1.29, 1.82) is 0 Å². The molecule has 0 bridgehead atoms. The van der Waals surface area contributed by atoms with Gasteiger partial charge in [0.1, 0.15) is 0 Å². The second-order valence-electron chi connectivity index (χ2n) is 7.44. The first kappa shape index (κ1) is 19.3. The van der Waals surface area contributed by atoms with Crippen LogP contribution >= 0.6 is 24.0 Å². The molecular weight excluding hydrogens is 399 g/mol. The van der Waals surface area contributed by atoms with E-state index in [0.717, 1.165) is 24.3 Å². The normalized spacial score (nSPS) is 30.0. The van der Waals surface area contributed by atoms with Gasteiger partial charge in [0, 0.05) is 32.7 Å². The van der Waals surface area contributed by atoms with Crippen molar-refractivity contribution >= 4 is 29.9 Å². The Labute approximate surface area is 159 Å². The van der Waals surface area contributed by atoms with Gasteiger partial charge in [-0.2, -0.15) is 0 Å². The van der Waals surface area contributed by atoms with E-state index in [4.69, 9.17) is 0 Å². The number of hydrogen-bond acceptors (Lipinski definition) is 2. The predicted octanol–water partition coefficient (Wildman–Crippen LogP) is 3.18. The van der Waals surface area contributed by atoms with Crippen LogP contribution in [0.2, 0.25) is 0 Å². The number of aliphatic imine (C=N–C) groups is 1. The molecule has 0 amide bonds. The van der Waals surface area contributed by atoms with Crippen LogP contribution in [0.25, 0.3) is 0 Å². The van der Waals surface area contributed by atoms with E-state index < -0.39 is 0 Å². The molecule has 3 aliphatic rings. The Balaban J connectivity index is 0.00000192. The third-order valence-corrected chi connectivity index (χ3v) is 6.11. The third-order valence-electron chi connectivity index (χ3n) is 6.11. The lowest BCUT2D eigenvalue weighted by Gasteiger charge is -2.29. The van der Waals surface area contributed by atoms with Gasteiger partial charge < -0.3 is 10.2 Å². The average Bonchev–Trinajstić information content (AvgIpc) is 3.20. The molecule has 0 spiro atoms. The van der Waals surface area contributed by atoms with Crippen molar-refractivity contribution in [3.05, 3.63) is 0 Å². The minimum Gasteiger partial charge on any atom is -0.355 e. The molecule has 0 radical (unpaired) electrons. The van der Waals surface area contributed by atoms with E-state index in [1.54, 1.807) is 0 Å². The molecule has 4 nitrogen and oxygen atoms in total. The summed E-state index contributed by atoms with van der Waals surface area (Å²) in [6.07, 6.45) is 9.73. The van der Waals surface area contributed by atoms with Crippen molar-refractivity contribution in [2.24, 2.45) is 16.8 Å². The molecule has 134 valence electrons. The number of likely N-dealkylation sites (tertiary alicyclic amines) is 2. The minimum atomic E-state index is 0. The molecular formula is C18H35IN4. The molecule has 3 unspecified atom stereocenters. The van der Waals surface area contributed by atoms with Crippen molar-refractivity contribution in [2.75, 3.05) is 39.8 Å². The predicted molar refractivity (Wildman–Crippen MR) is 109 cm³/mol. The Hall–Kier alpha value is -0.0400. The third kappa shape index (κ3) is 4.74. The molecule has 3 atom stereocenters. The van der Waals surface area contributed by atoms with Crippen LogP contribution in [-0.2, 0) is 0 Å². The molecule has 3 fully saturated rings. The van der Waals surface area contributed by atoms with E-state index in [1.807, 2.05) is 7.05 Å². The smallest absolute Gasteiger partial charge is 0.193 e. The van der Waals surface area contributed by atoms with E-state index in [9.17, 15) is 0 Å². The zero-order chi connectivity index (χ0) is 15.4. The van der Waals surface area contributed by atoms with Gasteiger partial charge in [-0.25, -0.2) is 0 Å². The van der Waals surface area contributed by atoms with Crippen LogP contribution in [0.15, 0.2) is 4.99 Å². The maximum Gasteiger partial charge on any atom is 0.193 e. The van der Waals surface area contributed by atoms with Gasteiger partial charge in [0.2, 0.25) is 0 Å². The quantitative estimate of drug-likeness (QED) is 0.419. The molecule has 0 aromatic heterocycles. The standard InChI is InChI=1S/C18H34N4.HI/c1-3-17(21-10-6-7-11-21)12-20-18(19-2)22-13-15-8-4-5-9-16(15)14-22;/h15-17H,3-14H2,1-2H3,(H,19,20);1H. The van der Waals surface area contributed by atoms with Crippen LogP contribution in [0, 0.1) is 11.8 Å². The van der Waals surface area contributed by atoms with E-state index in [1.165, 1.54) is 71.1 Å². The van der Waals surface area contributed by atoms with E-state index in [2.05, 4.69) is 27.0 Å². The van der Waals surface area contributed by atoms with Crippen molar-refractivity contribution in [2.45, 2.75) is 57.9 Å². The van der Waals surface area contributed by atoms with Gasteiger partial charge in [-0.15, -0.1) is 24.0 Å². The molecule has 0 aromatic rings. The number of guanidine groups is 1. The van der Waals surface area contributed by atoms with Crippen LogP contribution in [0.4, 0.5) is 0 Å². The highest BCUT2D eigenvalue weighted by Crippen LogP contribution is 2.35. The highest BCUT2D eigenvalue weighted by molar-refractivity contribution is 14.0. The lowest BCUT2D eigenvalue weighted by molar-refractivity contribution is 0.234. The summed E-state index contributed by atoms with van der Waals surface area (Å²) in [6, 6.07) is 0.670. The molecule has 1 aliphatic carbocycles. The lowest BCUT2D eigenvalue weighted by atomic mass is 9.82. The highest BCUT2D eigenvalue weighted by Gasteiger charge is 2.35. The summed E-state index contributed by atoms with van der Waals surface area (Å²) in [5, 5.41) is 3.68. The van der Waals surface area contributed by atoms with Crippen LogP contribution in [0.1, 0.15) is 51.9 Å². The summed E-state index contributed by atoms with van der Waals surface area (Å²) in [7, 11) is 1.95. The van der Waals surface area contributed by atoms with Crippen LogP contribution < -0.4 is 5.32 Å². The molecule has 5 heteroatoms. The van der Waals surface area contributed by atoms with E-state index in [-0.39, 0.29) is 24.0 Å². The molecule has 1 N–H and O–H groups in total. The Morgan fingerprint density at radius 1 is 1.09 bits per heavy atom. The van der Waals surface area contributed by atoms with Gasteiger partial charge in [0.05, 0.1) is 0 Å². The topological polar surface area (TPSA) is 30.9 Å². The Morgan fingerprint density at radius 3 is 2.22 bits per heavy atom. The first-order valence-electron chi connectivity index (χ1n) is 9.51. The number of fused-ring (bicyclic) bond motifs is 1. The van der Waals surface area contributed by atoms with Crippen LogP contribution in [0.5, 0.6) is 0 Å². The van der Waals surface area contributed by atoms with Gasteiger partial charge >= 0.3 is 0 Å². The number of nitrogens with one attached hydrogen (secondary N) is 1. The maximum absolute atomic E-state index is 4.57. The molecule has 2 heterocycles. The number of halogens is 1. The van der Waals surface area contributed by atoms with Gasteiger partial charge in [-0.1, -0.05) is 19.8 Å². The summed E-state index contributed by atoms with van der Waals surface area (Å²) in [5.41, 5.74) is 0. The summed E-state index contributed by atoms with van der Waals surface area (Å²) in [5.74, 6) is 2.99. The molecule has 0 aromatic carbocycles. The summed E-state index contributed by atoms with van der Waals surface area (Å²) in [6.45, 7) is 8.39. The average molecular weight is 434 g/mol. The fourth-order valence-corrected chi connectivity index (χ4v) is 4.76.